The molecule has 0 spiro atoms. The summed E-state index contributed by atoms with van der Waals surface area (Å²) in [5.74, 6) is 0. The average molecular weight is 248 g/mol. The molecule has 0 unspecified atom stereocenters. The maximum absolute atomic E-state index is 4.63. The van der Waals surface area contributed by atoms with Gasteiger partial charge in [-0.3, -0.25) is 0 Å². The van der Waals surface area contributed by atoms with Crippen molar-refractivity contribution in [3.05, 3.63) is 29.3 Å². The molecule has 2 nitrogen and oxygen atoms in total. The molecule has 1 heterocycles. The van der Waals surface area contributed by atoms with Crippen LogP contribution in [0, 0.1) is 0 Å². The Labute approximate surface area is 107 Å². The predicted molar refractivity (Wildman–Crippen MR) is 75.4 cm³/mol. The number of para-hydroxylation sites is 1. The zero-order valence-corrected chi connectivity index (χ0v) is 11.6. The maximum atomic E-state index is 4.63. The summed E-state index contributed by atoms with van der Waals surface area (Å²) in [4.78, 5) is 4.63. The summed E-state index contributed by atoms with van der Waals surface area (Å²) in [6, 6.07) is 8.32. The van der Waals surface area contributed by atoms with Crippen LogP contribution in [0.3, 0.4) is 0 Å². The van der Waals surface area contributed by atoms with Crippen LogP contribution in [-0.2, 0) is 6.54 Å². The Morgan fingerprint density at radius 3 is 2.76 bits per heavy atom. The van der Waals surface area contributed by atoms with Crippen LogP contribution in [0.1, 0.15) is 38.6 Å². The van der Waals surface area contributed by atoms with Gasteiger partial charge in [-0.05, 0) is 32.4 Å². The minimum absolute atomic E-state index is 0.201. The van der Waals surface area contributed by atoms with Crippen LogP contribution in [0.15, 0.2) is 24.3 Å². The molecule has 0 aliphatic rings. The fraction of sp³-hybridized carbons (Fsp3) is 0.500. The van der Waals surface area contributed by atoms with Crippen molar-refractivity contribution in [1.29, 1.82) is 0 Å². The average Bonchev–Trinajstić information content (AvgIpc) is 2.69. The van der Waals surface area contributed by atoms with Gasteiger partial charge >= 0.3 is 0 Å². The number of hydrogen-bond donors (Lipinski definition) is 1. The Morgan fingerprint density at radius 2 is 2.06 bits per heavy atom. The van der Waals surface area contributed by atoms with Gasteiger partial charge in [0.05, 0.1) is 10.2 Å². The summed E-state index contributed by atoms with van der Waals surface area (Å²) < 4.78 is 1.28. The second-order valence-electron chi connectivity index (χ2n) is 5.06. The molecule has 0 fully saturated rings. The Morgan fingerprint density at radius 1 is 1.29 bits per heavy atom. The molecule has 2 rings (SSSR count). The number of benzene rings is 1. The fourth-order valence-corrected chi connectivity index (χ4v) is 2.93. The number of nitrogens with zero attached hydrogens (tertiary/aromatic N) is 1. The summed E-state index contributed by atoms with van der Waals surface area (Å²) in [6.45, 7) is 7.60. The van der Waals surface area contributed by atoms with E-state index in [0.29, 0.717) is 0 Å². The molecule has 0 aliphatic carbocycles. The van der Waals surface area contributed by atoms with E-state index in [4.69, 9.17) is 0 Å². The molecule has 17 heavy (non-hydrogen) atoms. The standard InChI is InChI=1S/C14H20N2S/c1-4-9-14(2,3)15-10-13-16-11-7-5-6-8-12(11)17-13/h5-8,15H,4,9-10H2,1-3H3. The third-order valence-electron chi connectivity index (χ3n) is 2.93. The van der Waals surface area contributed by atoms with E-state index in [2.05, 4.69) is 49.3 Å². The molecule has 1 N–H and O–H groups in total. The highest BCUT2D eigenvalue weighted by Crippen LogP contribution is 2.22. The quantitative estimate of drug-likeness (QED) is 0.866. The molecule has 0 aliphatic heterocycles. The highest BCUT2D eigenvalue weighted by atomic mass is 32.1. The molecule has 0 atom stereocenters. The van der Waals surface area contributed by atoms with Gasteiger partial charge < -0.3 is 5.32 Å². The number of fused-ring (bicyclic) bond motifs is 1. The molecular formula is C14H20N2S. The van der Waals surface area contributed by atoms with Gasteiger partial charge in [-0.15, -0.1) is 11.3 Å². The first-order valence-electron chi connectivity index (χ1n) is 6.20. The summed E-state index contributed by atoms with van der Waals surface area (Å²) >= 11 is 1.78. The van der Waals surface area contributed by atoms with E-state index in [-0.39, 0.29) is 5.54 Å². The largest absolute Gasteiger partial charge is 0.305 e. The van der Waals surface area contributed by atoms with Gasteiger partial charge in [-0.25, -0.2) is 4.98 Å². The second kappa shape index (κ2) is 5.15. The van der Waals surface area contributed by atoms with Gasteiger partial charge in [0.25, 0.3) is 0 Å². The van der Waals surface area contributed by atoms with E-state index in [9.17, 15) is 0 Å². The summed E-state index contributed by atoms with van der Waals surface area (Å²) in [5, 5.41) is 4.76. The van der Waals surface area contributed by atoms with Crippen LogP contribution in [0.5, 0.6) is 0 Å². The first-order chi connectivity index (χ1) is 8.11. The predicted octanol–water partition coefficient (Wildman–Crippen LogP) is 3.96. The third-order valence-corrected chi connectivity index (χ3v) is 3.97. The highest BCUT2D eigenvalue weighted by molar-refractivity contribution is 7.18. The van der Waals surface area contributed by atoms with E-state index in [1.54, 1.807) is 11.3 Å². The fourth-order valence-electron chi connectivity index (χ4n) is 2.02. The minimum Gasteiger partial charge on any atom is -0.305 e. The molecular weight excluding hydrogens is 228 g/mol. The molecule has 0 amide bonds. The van der Waals surface area contributed by atoms with E-state index in [1.807, 2.05) is 6.07 Å². The van der Waals surface area contributed by atoms with Crippen molar-refractivity contribution in [2.75, 3.05) is 0 Å². The minimum atomic E-state index is 0.201. The number of rotatable bonds is 5. The van der Waals surface area contributed by atoms with Crippen molar-refractivity contribution < 1.29 is 0 Å². The van der Waals surface area contributed by atoms with Crippen LogP contribution in [0.2, 0.25) is 0 Å². The Hall–Kier alpha value is -0.930. The normalized spacial score (nSPS) is 12.2. The first-order valence-corrected chi connectivity index (χ1v) is 7.02. The number of aromatic nitrogens is 1. The molecule has 92 valence electrons. The van der Waals surface area contributed by atoms with Gasteiger partial charge in [-0.2, -0.15) is 0 Å². The summed E-state index contributed by atoms with van der Waals surface area (Å²) in [5.41, 5.74) is 1.31. The lowest BCUT2D eigenvalue weighted by Crippen LogP contribution is -2.38. The second-order valence-corrected chi connectivity index (χ2v) is 6.18. The van der Waals surface area contributed by atoms with Gasteiger partial charge in [0.15, 0.2) is 0 Å². The third kappa shape index (κ3) is 3.27. The van der Waals surface area contributed by atoms with E-state index in [0.717, 1.165) is 12.1 Å². The zero-order chi connectivity index (χ0) is 12.3. The lowest BCUT2D eigenvalue weighted by atomic mass is 9.99. The first kappa shape index (κ1) is 12.5. The Kier molecular flexibility index (Phi) is 3.79. The molecule has 0 saturated carbocycles. The van der Waals surface area contributed by atoms with Gasteiger partial charge in [0.2, 0.25) is 0 Å². The smallest absolute Gasteiger partial charge is 0.108 e. The molecule has 2 aromatic rings. The topological polar surface area (TPSA) is 24.9 Å². The van der Waals surface area contributed by atoms with Crippen molar-refractivity contribution in [2.24, 2.45) is 0 Å². The van der Waals surface area contributed by atoms with Crippen LogP contribution >= 0.6 is 11.3 Å². The highest BCUT2D eigenvalue weighted by Gasteiger charge is 2.16. The lowest BCUT2D eigenvalue weighted by molar-refractivity contribution is 0.356. The van der Waals surface area contributed by atoms with Crippen LogP contribution < -0.4 is 5.32 Å². The summed E-state index contributed by atoms with van der Waals surface area (Å²) in [7, 11) is 0. The van der Waals surface area contributed by atoms with Crippen LogP contribution in [0.25, 0.3) is 10.2 Å². The van der Waals surface area contributed by atoms with Crippen molar-refractivity contribution in [3.8, 4) is 0 Å². The summed E-state index contributed by atoms with van der Waals surface area (Å²) in [6.07, 6.45) is 2.40. The van der Waals surface area contributed by atoms with E-state index >= 15 is 0 Å². The monoisotopic (exact) mass is 248 g/mol. The molecule has 0 saturated heterocycles. The molecule has 3 heteroatoms. The number of hydrogen-bond acceptors (Lipinski definition) is 3. The van der Waals surface area contributed by atoms with E-state index in [1.165, 1.54) is 22.5 Å². The SMILES string of the molecule is CCCC(C)(C)NCc1nc2ccccc2s1. The lowest BCUT2D eigenvalue weighted by Gasteiger charge is -2.25. The van der Waals surface area contributed by atoms with Gasteiger partial charge in [-0.1, -0.05) is 25.5 Å². The van der Waals surface area contributed by atoms with Gasteiger partial charge in [0, 0.05) is 12.1 Å². The van der Waals surface area contributed by atoms with Crippen molar-refractivity contribution in [3.63, 3.8) is 0 Å². The van der Waals surface area contributed by atoms with Crippen LogP contribution in [0.4, 0.5) is 0 Å². The van der Waals surface area contributed by atoms with E-state index < -0.39 is 0 Å². The Balaban J connectivity index is 2.04. The van der Waals surface area contributed by atoms with Crippen molar-refractivity contribution in [1.82, 2.24) is 10.3 Å². The molecule has 1 aromatic heterocycles. The van der Waals surface area contributed by atoms with Crippen molar-refractivity contribution in [2.45, 2.75) is 45.7 Å². The number of nitrogens with one attached hydrogen (secondary N) is 1. The maximum Gasteiger partial charge on any atom is 0.108 e. The molecule has 1 aromatic carbocycles. The van der Waals surface area contributed by atoms with Crippen molar-refractivity contribution >= 4 is 21.6 Å². The Bertz CT molecular complexity index is 455. The molecule has 0 bridgehead atoms. The molecule has 0 radical (unpaired) electrons. The number of thiazole rings is 1. The zero-order valence-electron chi connectivity index (χ0n) is 10.8. The van der Waals surface area contributed by atoms with Gasteiger partial charge in [0.1, 0.15) is 5.01 Å². The van der Waals surface area contributed by atoms with Crippen LogP contribution in [-0.4, -0.2) is 10.5 Å².